The van der Waals surface area contributed by atoms with Crippen molar-refractivity contribution >= 4 is 34.7 Å². The van der Waals surface area contributed by atoms with Crippen molar-refractivity contribution in [1.29, 1.82) is 0 Å². The summed E-state index contributed by atoms with van der Waals surface area (Å²) in [6.45, 7) is 2.19. The topological polar surface area (TPSA) is 71.3 Å². The fourth-order valence-electron chi connectivity index (χ4n) is 3.26. The van der Waals surface area contributed by atoms with E-state index in [2.05, 4.69) is 15.6 Å². The Hall–Kier alpha value is -2.75. The molecule has 164 valence electrons. The normalized spacial score (nSPS) is 13.3. The third-order valence-electron chi connectivity index (χ3n) is 4.89. The maximum atomic E-state index is 6.20. The maximum Gasteiger partial charge on any atom is 0.231 e. The van der Waals surface area contributed by atoms with E-state index in [1.54, 1.807) is 29.2 Å². The average molecular weight is 487 g/mol. The summed E-state index contributed by atoms with van der Waals surface area (Å²) < 4.78 is 18.8. The van der Waals surface area contributed by atoms with E-state index in [1.165, 1.54) is 0 Å². The van der Waals surface area contributed by atoms with Gasteiger partial charge in [0.1, 0.15) is 10.8 Å². The molecule has 3 heterocycles. The summed E-state index contributed by atoms with van der Waals surface area (Å²) in [4.78, 5) is 4.76. The van der Waals surface area contributed by atoms with Crippen LogP contribution in [-0.2, 0) is 12.8 Å². The number of thiazole rings is 1. The predicted molar refractivity (Wildman–Crippen MR) is 125 cm³/mol. The lowest BCUT2D eigenvalue weighted by Crippen LogP contribution is -2.10. The van der Waals surface area contributed by atoms with Gasteiger partial charge in [-0.05, 0) is 37.3 Å². The first-order chi connectivity index (χ1) is 15.6. The fourth-order valence-corrected chi connectivity index (χ4v) is 5.18. The van der Waals surface area contributed by atoms with Crippen LogP contribution in [0.4, 0.5) is 0 Å². The van der Waals surface area contributed by atoms with Crippen molar-refractivity contribution in [3.63, 3.8) is 0 Å². The van der Waals surface area contributed by atoms with Gasteiger partial charge in [-0.2, -0.15) is 0 Å². The summed E-state index contributed by atoms with van der Waals surface area (Å²) in [5.74, 6) is 3.57. The first kappa shape index (κ1) is 21.1. The Morgan fingerprint density at radius 3 is 2.91 bits per heavy atom. The molecule has 1 unspecified atom stereocenters. The molecule has 1 aliphatic rings. The van der Waals surface area contributed by atoms with E-state index in [4.69, 9.17) is 30.8 Å². The SMILES string of the molecule is CC(Oc1ccccc1Cl)c1nnc(SCc2csc(-c3ccc4c(c3)OCO4)n2)n1C. The number of nitrogens with zero attached hydrogens (tertiary/aromatic N) is 4. The van der Waals surface area contributed by atoms with Crippen LogP contribution in [-0.4, -0.2) is 26.5 Å². The Labute approximate surface area is 198 Å². The lowest BCUT2D eigenvalue weighted by atomic mass is 10.2. The average Bonchev–Trinajstić information content (AvgIpc) is 3.53. The Kier molecular flexibility index (Phi) is 5.95. The smallest absolute Gasteiger partial charge is 0.231 e. The number of hydrogen-bond acceptors (Lipinski definition) is 8. The summed E-state index contributed by atoms with van der Waals surface area (Å²) in [5.41, 5.74) is 2.00. The van der Waals surface area contributed by atoms with Crippen LogP contribution in [0.5, 0.6) is 17.2 Å². The lowest BCUT2D eigenvalue weighted by molar-refractivity contribution is 0.174. The maximum absolute atomic E-state index is 6.20. The van der Waals surface area contributed by atoms with Gasteiger partial charge in [0, 0.05) is 23.7 Å². The van der Waals surface area contributed by atoms with Crippen LogP contribution in [0, 0.1) is 0 Å². The molecule has 32 heavy (non-hydrogen) atoms. The minimum absolute atomic E-state index is 0.264. The van der Waals surface area contributed by atoms with E-state index in [0.717, 1.165) is 38.7 Å². The molecule has 0 bridgehead atoms. The van der Waals surface area contributed by atoms with Crippen molar-refractivity contribution in [2.45, 2.75) is 23.9 Å². The molecule has 1 aliphatic heterocycles. The number of para-hydroxylation sites is 1. The number of hydrogen-bond donors (Lipinski definition) is 0. The van der Waals surface area contributed by atoms with Gasteiger partial charge in [-0.1, -0.05) is 35.5 Å². The minimum atomic E-state index is -0.293. The van der Waals surface area contributed by atoms with Gasteiger partial charge in [-0.3, -0.25) is 0 Å². The van der Waals surface area contributed by atoms with Crippen LogP contribution in [0.15, 0.2) is 53.0 Å². The molecule has 7 nitrogen and oxygen atoms in total. The Bertz CT molecular complexity index is 1260. The van der Waals surface area contributed by atoms with E-state index in [1.807, 2.05) is 54.9 Å². The molecule has 0 N–H and O–H groups in total. The molecule has 0 saturated carbocycles. The highest BCUT2D eigenvalue weighted by atomic mass is 35.5. The Balaban J connectivity index is 1.24. The van der Waals surface area contributed by atoms with Gasteiger partial charge in [0.25, 0.3) is 0 Å². The van der Waals surface area contributed by atoms with Gasteiger partial charge in [0.2, 0.25) is 6.79 Å². The van der Waals surface area contributed by atoms with Crippen molar-refractivity contribution < 1.29 is 14.2 Å². The number of fused-ring (bicyclic) bond motifs is 1. The van der Waals surface area contributed by atoms with E-state index >= 15 is 0 Å². The molecule has 5 rings (SSSR count). The Morgan fingerprint density at radius 2 is 2.03 bits per heavy atom. The summed E-state index contributed by atoms with van der Waals surface area (Å²) >= 11 is 9.39. The quantitative estimate of drug-likeness (QED) is 0.308. The zero-order valence-corrected chi connectivity index (χ0v) is 19.7. The molecule has 0 saturated heterocycles. The molecular formula is C22H19ClN4O3S2. The number of rotatable bonds is 7. The lowest BCUT2D eigenvalue weighted by Gasteiger charge is -2.15. The molecule has 2 aromatic heterocycles. The molecule has 1 atom stereocenters. The van der Waals surface area contributed by atoms with Crippen LogP contribution >= 0.6 is 34.7 Å². The second-order valence-electron chi connectivity index (χ2n) is 7.09. The van der Waals surface area contributed by atoms with Crippen molar-refractivity contribution in [3.05, 3.63) is 64.4 Å². The number of thioether (sulfide) groups is 1. The number of aromatic nitrogens is 4. The van der Waals surface area contributed by atoms with E-state index in [-0.39, 0.29) is 12.9 Å². The molecule has 0 fully saturated rings. The highest BCUT2D eigenvalue weighted by molar-refractivity contribution is 7.98. The number of benzene rings is 2. The van der Waals surface area contributed by atoms with Crippen LogP contribution in [0.1, 0.15) is 24.5 Å². The third-order valence-corrected chi connectivity index (χ3v) is 7.20. The van der Waals surface area contributed by atoms with E-state index < -0.39 is 0 Å². The molecule has 2 aromatic carbocycles. The second kappa shape index (κ2) is 9.01. The number of halogens is 1. The first-order valence-corrected chi connectivity index (χ1v) is 12.1. The zero-order chi connectivity index (χ0) is 22.1. The van der Waals surface area contributed by atoms with Gasteiger partial charge >= 0.3 is 0 Å². The molecule has 0 radical (unpaired) electrons. The highest BCUT2D eigenvalue weighted by Crippen LogP contribution is 2.37. The summed E-state index contributed by atoms with van der Waals surface area (Å²) in [5, 5.41) is 13.0. The van der Waals surface area contributed by atoms with Gasteiger partial charge in [-0.15, -0.1) is 21.5 Å². The van der Waals surface area contributed by atoms with Crippen molar-refractivity contribution in [2.75, 3.05) is 6.79 Å². The van der Waals surface area contributed by atoms with Crippen molar-refractivity contribution in [3.8, 4) is 27.8 Å². The predicted octanol–water partition coefficient (Wildman–Crippen LogP) is 5.75. The molecule has 10 heteroatoms. The molecule has 0 spiro atoms. The number of ether oxygens (including phenoxy) is 3. The molecular weight excluding hydrogens is 468 g/mol. The second-order valence-corrected chi connectivity index (χ2v) is 9.30. The van der Waals surface area contributed by atoms with Crippen molar-refractivity contribution in [2.24, 2.45) is 7.05 Å². The molecule has 0 amide bonds. The zero-order valence-electron chi connectivity index (χ0n) is 17.3. The highest BCUT2D eigenvalue weighted by Gasteiger charge is 2.19. The van der Waals surface area contributed by atoms with Gasteiger partial charge in [-0.25, -0.2) is 4.98 Å². The molecule has 4 aromatic rings. The van der Waals surface area contributed by atoms with Crippen LogP contribution in [0.3, 0.4) is 0 Å². The standard InChI is InChI=1S/C22H19ClN4O3S2/c1-13(30-17-6-4-3-5-16(17)23)20-25-26-22(27(20)2)32-11-15-10-31-21(24-15)14-7-8-18-19(9-14)29-12-28-18/h3-10,13H,11-12H2,1-2H3. The third kappa shape index (κ3) is 4.28. The van der Waals surface area contributed by atoms with Crippen molar-refractivity contribution in [1.82, 2.24) is 19.7 Å². The largest absolute Gasteiger partial charge is 0.481 e. The minimum Gasteiger partial charge on any atom is -0.481 e. The fraction of sp³-hybridized carbons (Fsp3) is 0.227. The summed E-state index contributed by atoms with van der Waals surface area (Å²) in [6, 6.07) is 13.3. The summed E-state index contributed by atoms with van der Waals surface area (Å²) in [7, 11) is 1.93. The first-order valence-electron chi connectivity index (χ1n) is 9.86. The Morgan fingerprint density at radius 1 is 1.19 bits per heavy atom. The monoisotopic (exact) mass is 486 g/mol. The van der Waals surface area contributed by atoms with Gasteiger partial charge < -0.3 is 18.8 Å². The van der Waals surface area contributed by atoms with E-state index in [0.29, 0.717) is 16.5 Å². The van der Waals surface area contributed by atoms with Gasteiger partial charge in [0.15, 0.2) is 28.6 Å². The van der Waals surface area contributed by atoms with Gasteiger partial charge in [0.05, 0.1) is 10.7 Å². The molecule has 0 aliphatic carbocycles. The van der Waals surface area contributed by atoms with Crippen LogP contribution < -0.4 is 14.2 Å². The van der Waals surface area contributed by atoms with E-state index in [9.17, 15) is 0 Å². The van der Waals surface area contributed by atoms with Crippen LogP contribution in [0.2, 0.25) is 5.02 Å². The van der Waals surface area contributed by atoms with Crippen LogP contribution in [0.25, 0.3) is 10.6 Å². The summed E-state index contributed by atoms with van der Waals surface area (Å²) in [6.07, 6.45) is -0.293.